The summed E-state index contributed by atoms with van der Waals surface area (Å²) in [6.07, 6.45) is 1.59. The molecule has 0 fully saturated rings. The monoisotopic (exact) mass is 168 g/mol. The number of amides is 1. The van der Waals surface area contributed by atoms with Crippen LogP contribution in [0.3, 0.4) is 0 Å². The van der Waals surface area contributed by atoms with Crippen LogP contribution in [-0.2, 0) is 4.79 Å². The van der Waals surface area contributed by atoms with Gasteiger partial charge in [0.15, 0.2) is 0 Å². The number of nitrogens with one attached hydrogen (secondary N) is 1. The molecule has 0 aliphatic carbocycles. The molecule has 0 saturated carbocycles. The molecule has 1 radical (unpaired) electrons. The van der Waals surface area contributed by atoms with Crippen LogP contribution in [0, 0.1) is 6.92 Å². The first-order valence-electron chi connectivity index (χ1n) is 3.13. The number of aryl methyl sites for hydroxylation is 1. The summed E-state index contributed by atoms with van der Waals surface area (Å²) in [7, 11) is 0. The molecule has 57 valence electrons. The van der Waals surface area contributed by atoms with Gasteiger partial charge in [0.1, 0.15) is 0 Å². The maximum Gasteiger partial charge on any atom is 0.314 e. The van der Waals surface area contributed by atoms with Gasteiger partial charge in [0.2, 0.25) is 0 Å². The Balaban J connectivity index is 3.01. The molecule has 1 amide bonds. The van der Waals surface area contributed by atoms with E-state index in [1.54, 1.807) is 18.5 Å². The predicted octanol–water partition coefficient (Wildman–Crippen LogP) is 2.13. The van der Waals surface area contributed by atoms with Crippen molar-refractivity contribution in [2.45, 2.75) is 6.92 Å². The molecule has 0 spiro atoms. The molecule has 0 saturated heterocycles. The number of carbonyl (C=O) groups excluding carboxylic acids is 1. The third-order valence-corrected chi connectivity index (χ3v) is 1.62. The lowest BCUT2D eigenvalue weighted by Gasteiger charge is -2.01. The number of halogens is 1. The summed E-state index contributed by atoms with van der Waals surface area (Å²) in [6, 6.07) is 5.29. The van der Waals surface area contributed by atoms with Gasteiger partial charge in [-0.05, 0) is 24.6 Å². The van der Waals surface area contributed by atoms with E-state index in [0.717, 1.165) is 5.56 Å². The molecule has 0 aliphatic heterocycles. The standard InChI is InChI=1S/C8H7ClNO/c1-6-2-3-7(9)4-8(6)10-5-11/h2-4H,1H3,(H,10,11). The molecule has 0 unspecified atom stereocenters. The minimum Gasteiger partial charge on any atom is -0.317 e. The van der Waals surface area contributed by atoms with Crippen molar-refractivity contribution in [1.29, 1.82) is 0 Å². The maximum absolute atomic E-state index is 9.96. The molecule has 1 aromatic rings. The fraction of sp³-hybridized carbons (Fsp3) is 0.125. The third-order valence-electron chi connectivity index (χ3n) is 1.39. The van der Waals surface area contributed by atoms with Crippen molar-refractivity contribution >= 4 is 23.7 Å². The van der Waals surface area contributed by atoms with Crippen LogP contribution in [-0.4, -0.2) is 6.41 Å². The minimum absolute atomic E-state index is 0.605. The van der Waals surface area contributed by atoms with E-state index in [9.17, 15) is 4.79 Å². The van der Waals surface area contributed by atoms with Crippen LogP contribution in [0.2, 0.25) is 5.02 Å². The molecule has 1 N–H and O–H groups in total. The SMILES string of the molecule is Cc1ccc(Cl)cc1N[C]=O. The smallest absolute Gasteiger partial charge is 0.314 e. The Bertz CT molecular complexity index is 273. The van der Waals surface area contributed by atoms with Crippen LogP contribution in [0.1, 0.15) is 5.56 Å². The first-order chi connectivity index (χ1) is 5.24. The van der Waals surface area contributed by atoms with Crippen LogP contribution in [0.4, 0.5) is 5.69 Å². The minimum atomic E-state index is 0.605. The van der Waals surface area contributed by atoms with Gasteiger partial charge < -0.3 is 5.32 Å². The summed E-state index contributed by atoms with van der Waals surface area (Å²) < 4.78 is 0. The number of benzene rings is 1. The second-order valence-electron chi connectivity index (χ2n) is 2.19. The van der Waals surface area contributed by atoms with Crippen LogP contribution in [0.5, 0.6) is 0 Å². The van der Waals surface area contributed by atoms with Crippen molar-refractivity contribution in [1.82, 2.24) is 0 Å². The number of hydrogen-bond acceptors (Lipinski definition) is 1. The van der Waals surface area contributed by atoms with Crippen LogP contribution in [0.15, 0.2) is 18.2 Å². The fourth-order valence-electron chi connectivity index (χ4n) is 0.784. The quantitative estimate of drug-likeness (QED) is 0.674. The van der Waals surface area contributed by atoms with E-state index in [1.807, 2.05) is 13.0 Å². The van der Waals surface area contributed by atoms with Gasteiger partial charge in [0.05, 0.1) is 0 Å². The van der Waals surface area contributed by atoms with Gasteiger partial charge in [-0.15, -0.1) is 0 Å². The average Bonchev–Trinajstić information content (AvgIpc) is 1.98. The van der Waals surface area contributed by atoms with Crippen molar-refractivity contribution in [3.63, 3.8) is 0 Å². The lowest BCUT2D eigenvalue weighted by atomic mass is 10.2. The van der Waals surface area contributed by atoms with Crippen molar-refractivity contribution in [3.05, 3.63) is 28.8 Å². The largest absolute Gasteiger partial charge is 0.317 e. The van der Waals surface area contributed by atoms with E-state index in [2.05, 4.69) is 5.32 Å². The molecular weight excluding hydrogens is 162 g/mol. The molecular formula is C8H7ClNO. The topological polar surface area (TPSA) is 29.1 Å². The van der Waals surface area contributed by atoms with Gasteiger partial charge in [0, 0.05) is 10.7 Å². The van der Waals surface area contributed by atoms with E-state index in [0.29, 0.717) is 10.7 Å². The van der Waals surface area contributed by atoms with Crippen LogP contribution < -0.4 is 5.32 Å². The Morgan fingerprint density at radius 3 is 2.91 bits per heavy atom. The van der Waals surface area contributed by atoms with E-state index in [4.69, 9.17) is 11.6 Å². The predicted molar refractivity (Wildman–Crippen MR) is 45.5 cm³/mol. The third kappa shape index (κ3) is 1.95. The molecule has 0 heterocycles. The summed E-state index contributed by atoms with van der Waals surface area (Å²) in [5, 5.41) is 3.03. The number of anilines is 1. The van der Waals surface area contributed by atoms with Crippen molar-refractivity contribution in [2.75, 3.05) is 5.32 Å². The fourth-order valence-corrected chi connectivity index (χ4v) is 0.956. The molecule has 0 aliphatic rings. The van der Waals surface area contributed by atoms with Gasteiger partial charge >= 0.3 is 6.41 Å². The highest BCUT2D eigenvalue weighted by Gasteiger charge is 1.96. The Morgan fingerprint density at radius 2 is 2.27 bits per heavy atom. The lowest BCUT2D eigenvalue weighted by molar-refractivity contribution is 0.561. The molecule has 2 nitrogen and oxygen atoms in total. The van der Waals surface area contributed by atoms with Gasteiger partial charge in [0.25, 0.3) is 0 Å². The average molecular weight is 169 g/mol. The molecule has 1 aromatic carbocycles. The molecule has 11 heavy (non-hydrogen) atoms. The van der Waals surface area contributed by atoms with E-state index < -0.39 is 0 Å². The van der Waals surface area contributed by atoms with Gasteiger partial charge in [-0.1, -0.05) is 17.7 Å². The zero-order chi connectivity index (χ0) is 8.27. The Labute approximate surface area is 70.2 Å². The van der Waals surface area contributed by atoms with Crippen molar-refractivity contribution < 1.29 is 4.79 Å². The molecule has 3 heteroatoms. The van der Waals surface area contributed by atoms with Crippen molar-refractivity contribution in [2.24, 2.45) is 0 Å². The summed E-state index contributed by atoms with van der Waals surface area (Å²) in [4.78, 5) is 9.96. The van der Waals surface area contributed by atoms with E-state index in [-0.39, 0.29) is 0 Å². The molecule has 0 aromatic heterocycles. The summed E-state index contributed by atoms with van der Waals surface area (Å²) in [6.45, 7) is 1.88. The van der Waals surface area contributed by atoms with E-state index >= 15 is 0 Å². The Kier molecular flexibility index (Phi) is 2.49. The van der Waals surface area contributed by atoms with Gasteiger partial charge in [-0.25, -0.2) is 0 Å². The highest BCUT2D eigenvalue weighted by Crippen LogP contribution is 2.19. The van der Waals surface area contributed by atoms with Crippen molar-refractivity contribution in [3.8, 4) is 0 Å². The Morgan fingerprint density at radius 1 is 1.55 bits per heavy atom. The van der Waals surface area contributed by atoms with E-state index in [1.165, 1.54) is 0 Å². The van der Waals surface area contributed by atoms with Crippen LogP contribution >= 0.6 is 11.6 Å². The first-order valence-corrected chi connectivity index (χ1v) is 3.51. The maximum atomic E-state index is 9.96. The summed E-state index contributed by atoms with van der Waals surface area (Å²) >= 11 is 5.68. The van der Waals surface area contributed by atoms with Gasteiger partial charge in [-0.3, -0.25) is 4.79 Å². The molecule has 0 atom stereocenters. The number of hydrogen-bond donors (Lipinski definition) is 1. The molecule has 0 bridgehead atoms. The Hall–Kier alpha value is -1.02. The highest BCUT2D eigenvalue weighted by atomic mass is 35.5. The summed E-state index contributed by atoms with van der Waals surface area (Å²) in [5.74, 6) is 0. The second kappa shape index (κ2) is 3.39. The van der Waals surface area contributed by atoms with Gasteiger partial charge in [-0.2, -0.15) is 0 Å². The first kappa shape index (κ1) is 8.08. The highest BCUT2D eigenvalue weighted by molar-refractivity contribution is 6.30. The zero-order valence-electron chi connectivity index (χ0n) is 6.02. The summed E-state index contributed by atoms with van der Waals surface area (Å²) in [5.41, 5.74) is 1.67. The molecule has 1 rings (SSSR count). The number of rotatable bonds is 2. The van der Waals surface area contributed by atoms with Crippen LogP contribution in [0.25, 0.3) is 0 Å². The zero-order valence-corrected chi connectivity index (χ0v) is 6.77. The lowest BCUT2D eigenvalue weighted by Crippen LogP contribution is -1.95. The normalized spacial score (nSPS) is 9.27. The second-order valence-corrected chi connectivity index (χ2v) is 2.62.